The van der Waals surface area contributed by atoms with E-state index in [1.54, 1.807) is 0 Å². The van der Waals surface area contributed by atoms with Crippen molar-refractivity contribution < 1.29 is 32.6 Å². The highest BCUT2D eigenvalue weighted by Gasteiger charge is 2.30. The van der Waals surface area contributed by atoms with E-state index >= 15 is 0 Å². The zero-order valence-corrected chi connectivity index (χ0v) is 12.1. The van der Waals surface area contributed by atoms with Gasteiger partial charge in [0, 0.05) is 6.54 Å². The summed E-state index contributed by atoms with van der Waals surface area (Å²) in [6.45, 7) is -0.117. The van der Waals surface area contributed by atoms with Gasteiger partial charge in [-0.05, 0) is 35.4 Å². The summed E-state index contributed by atoms with van der Waals surface area (Å²) >= 11 is 0. The predicted molar refractivity (Wildman–Crippen MR) is 76.9 cm³/mol. The lowest BCUT2D eigenvalue weighted by Gasteiger charge is -2.12. The van der Waals surface area contributed by atoms with E-state index in [0.29, 0.717) is 17.7 Å². The van der Waals surface area contributed by atoms with Gasteiger partial charge in [0.2, 0.25) is 6.17 Å². The van der Waals surface area contributed by atoms with Crippen LogP contribution in [0.4, 0.5) is 17.6 Å². The van der Waals surface area contributed by atoms with Crippen molar-refractivity contribution in [3.63, 3.8) is 0 Å². The summed E-state index contributed by atoms with van der Waals surface area (Å²) in [6.07, 6.45) is -6.66. The highest BCUT2D eigenvalue weighted by Crippen LogP contribution is 2.30. The fourth-order valence-electron chi connectivity index (χ4n) is 1.95. The van der Waals surface area contributed by atoms with Crippen molar-refractivity contribution in [2.45, 2.75) is 18.9 Å². The van der Waals surface area contributed by atoms with Crippen LogP contribution in [-0.4, -0.2) is 16.1 Å². The third-order valence-corrected chi connectivity index (χ3v) is 3.27. The number of carbonyl (C=O) groups is 1. The highest BCUT2D eigenvalue weighted by molar-refractivity contribution is 5.82. The van der Waals surface area contributed by atoms with Gasteiger partial charge in [-0.1, -0.05) is 18.2 Å². The van der Waals surface area contributed by atoms with E-state index in [2.05, 4.69) is 5.32 Å². The molecule has 2 rings (SSSR count). The molecule has 2 aromatic rings. The molecular weight excluding hydrogens is 330 g/mol. The van der Waals surface area contributed by atoms with Gasteiger partial charge in [0.25, 0.3) is 5.91 Å². The average Bonchev–Trinajstić information content (AvgIpc) is 2.54. The Labute approximate surface area is 134 Å². The quantitative estimate of drug-likeness (QED) is 0.588. The summed E-state index contributed by atoms with van der Waals surface area (Å²) in [4.78, 5) is 11.7. The van der Waals surface area contributed by atoms with Crippen LogP contribution in [0.2, 0.25) is 0 Å². The molecule has 0 saturated carbocycles. The van der Waals surface area contributed by atoms with Gasteiger partial charge in [0.05, 0.1) is 5.56 Å². The van der Waals surface area contributed by atoms with E-state index in [9.17, 15) is 27.5 Å². The number of halogens is 4. The van der Waals surface area contributed by atoms with Gasteiger partial charge in [-0.15, -0.1) is 0 Å². The maximum atomic E-state index is 14.0. The smallest absolute Gasteiger partial charge is 0.416 e. The molecule has 0 aliphatic carbocycles. The lowest BCUT2D eigenvalue weighted by molar-refractivity contribution is -0.137. The molecule has 0 spiro atoms. The van der Waals surface area contributed by atoms with Crippen LogP contribution in [0.3, 0.4) is 0 Å². The maximum absolute atomic E-state index is 14.0. The Morgan fingerprint density at radius 1 is 1.04 bits per heavy atom. The molecule has 0 aliphatic heterocycles. The molecule has 0 aromatic heterocycles. The largest absolute Gasteiger partial charge is 0.504 e. The van der Waals surface area contributed by atoms with Crippen LogP contribution in [0.15, 0.2) is 42.5 Å². The number of aromatic hydroxyl groups is 2. The van der Waals surface area contributed by atoms with E-state index in [0.717, 1.165) is 12.1 Å². The number of nitrogens with one attached hydrogen (secondary N) is 1. The number of hydrogen-bond donors (Lipinski definition) is 3. The Balaban J connectivity index is 2.00. The topological polar surface area (TPSA) is 69.6 Å². The standard InChI is InChI=1S/C16H13F4NO3/c17-14(10-2-4-11(5-3-10)16(18,19)20)15(24)21-8-9-1-6-12(22)13(23)7-9/h1-7,14,22-23H,8H2,(H,21,24)/t14-/m0/s1. The van der Waals surface area contributed by atoms with Crippen molar-refractivity contribution in [2.24, 2.45) is 0 Å². The lowest BCUT2D eigenvalue weighted by atomic mass is 10.1. The SMILES string of the molecule is O=C(NCc1ccc(O)c(O)c1)[C@@H](F)c1ccc(C(F)(F)F)cc1. The monoisotopic (exact) mass is 343 g/mol. The second-order valence-electron chi connectivity index (χ2n) is 5.02. The molecule has 8 heteroatoms. The molecule has 1 amide bonds. The number of phenolic OH excluding ortho intramolecular Hbond substituents is 2. The van der Waals surface area contributed by atoms with E-state index in [1.807, 2.05) is 0 Å². The van der Waals surface area contributed by atoms with Gasteiger partial charge >= 0.3 is 6.18 Å². The lowest BCUT2D eigenvalue weighted by Crippen LogP contribution is -2.27. The second-order valence-corrected chi connectivity index (χ2v) is 5.02. The normalized spacial score (nSPS) is 12.7. The Morgan fingerprint density at radius 2 is 1.67 bits per heavy atom. The Kier molecular flexibility index (Phi) is 4.96. The fraction of sp³-hybridized carbons (Fsp3) is 0.188. The zero-order chi connectivity index (χ0) is 17.9. The van der Waals surface area contributed by atoms with E-state index < -0.39 is 23.8 Å². The van der Waals surface area contributed by atoms with Gasteiger partial charge in [-0.2, -0.15) is 13.2 Å². The zero-order valence-electron chi connectivity index (χ0n) is 12.1. The van der Waals surface area contributed by atoms with Crippen molar-refractivity contribution >= 4 is 5.91 Å². The molecule has 0 bridgehead atoms. The third kappa shape index (κ3) is 4.15. The van der Waals surface area contributed by atoms with Gasteiger partial charge in [0.15, 0.2) is 11.5 Å². The molecule has 3 N–H and O–H groups in total. The second kappa shape index (κ2) is 6.77. The Morgan fingerprint density at radius 3 is 2.21 bits per heavy atom. The van der Waals surface area contributed by atoms with E-state index in [4.69, 9.17) is 5.11 Å². The van der Waals surface area contributed by atoms with Crippen LogP contribution in [0.5, 0.6) is 11.5 Å². The summed E-state index contributed by atoms with van der Waals surface area (Å²) < 4.78 is 51.3. The van der Waals surface area contributed by atoms with Crippen LogP contribution in [0.1, 0.15) is 22.9 Å². The first-order valence-corrected chi connectivity index (χ1v) is 6.78. The summed E-state index contributed by atoms with van der Waals surface area (Å²) in [5.41, 5.74) is -0.717. The maximum Gasteiger partial charge on any atom is 0.416 e. The minimum Gasteiger partial charge on any atom is -0.504 e. The Bertz CT molecular complexity index is 729. The summed E-state index contributed by atoms with van der Waals surface area (Å²) in [7, 11) is 0. The van der Waals surface area contributed by atoms with Gasteiger partial charge in [-0.25, -0.2) is 4.39 Å². The highest BCUT2D eigenvalue weighted by atomic mass is 19.4. The molecule has 0 aliphatic rings. The van der Waals surface area contributed by atoms with Crippen molar-refractivity contribution in [1.29, 1.82) is 0 Å². The molecule has 128 valence electrons. The number of rotatable bonds is 4. The third-order valence-electron chi connectivity index (χ3n) is 3.27. The summed E-state index contributed by atoms with van der Waals surface area (Å²) in [6, 6.07) is 7.03. The molecule has 24 heavy (non-hydrogen) atoms. The number of benzene rings is 2. The number of phenols is 2. The first kappa shape index (κ1) is 17.6. The Hall–Kier alpha value is -2.77. The molecule has 1 atom stereocenters. The van der Waals surface area contributed by atoms with Gasteiger partial charge < -0.3 is 15.5 Å². The van der Waals surface area contributed by atoms with Crippen molar-refractivity contribution in [3.05, 3.63) is 59.2 Å². The number of amides is 1. The van der Waals surface area contributed by atoms with Gasteiger partial charge in [-0.3, -0.25) is 4.79 Å². The van der Waals surface area contributed by atoms with Crippen LogP contribution < -0.4 is 5.32 Å². The van der Waals surface area contributed by atoms with Crippen molar-refractivity contribution in [2.75, 3.05) is 0 Å². The van der Waals surface area contributed by atoms with Crippen molar-refractivity contribution in [3.8, 4) is 11.5 Å². The summed E-state index contributed by atoms with van der Waals surface area (Å²) in [5.74, 6) is -1.75. The minimum atomic E-state index is -4.53. The average molecular weight is 343 g/mol. The molecule has 0 radical (unpaired) electrons. The van der Waals surface area contributed by atoms with E-state index in [1.165, 1.54) is 18.2 Å². The molecule has 0 saturated heterocycles. The molecule has 0 heterocycles. The summed E-state index contributed by atoms with van der Waals surface area (Å²) in [5, 5.41) is 20.7. The van der Waals surface area contributed by atoms with Gasteiger partial charge in [0.1, 0.15) is 0 Å². The number of hydrogen-bond acceptors (Lipinski definition) is 3. The van der Waals surface area contributed by atoms with Crippen LogP contribution >= 0.6 is 0 Å². The van der Waals surface area contributed by atoms with E-state index in [-0.39, 0.29) is 23.6 Å². The molecule has 4 nitrogen and oxygen atoms in total. The number of carbonyl (C=O) groups excluding carboxylic acids is 1. The molecular formula is C16H13F4NO3. The van der Waals surface area contributed by atoms with Crippen molar-refractivity contribution in [1.82, 2.24) is 5.32 Å². The van der Waals surface area contributed by atoms with Crippen LogP contribution in [0.25, 0.3) is 0 Å². The minimum absolute atomic E-state index is 0.117. The van der Waals surface area contributed by atoms with Crippen LogP contribution in [-0.2, 0) is 17.5 Å². The number of alkyl halides is 4. The van der Waals surface area contributed by atoms with Crippen LogP contribution in [0, 0.1) is 0 Å². The first-order valence-electron chi connectivity index (χ1n) is 6.78. The molecule has 0 unspecified atom stereocenters. The first-order chi connectivity index (χ1) is 11.2. The fourth-order valence-corrected chi connectivity index (χ4v) is 1.95. The molecule has 0 fully saturated rings. The predicted octanol–water partition coefficient (Wildman–Crippen LogP) is 3.44. The molecule has 2 aromatic carbocycles.